The summed E-state index contributed by atoms with van der Waals surface area (Å²) in [5.41, 5.74) is 0.328. The highest BCUT2D eigenvalue weighted by Crippen LogP contribution is 2.41. The van der Waals surface area contributed by atoms with Crippen molar-refractivity contribution in [3.63, 3.8) is 0 Å². The fourth-order valence-electron chi connectivity index (χ4n) is 5.92. The van der Waals surface area contributed by atoms with Gasteiger partial charge in [-0.2, -0.15) is 0 Å². The number of aliphatic hydroxyl groups is 2. The maximum Gasteiger partial charge on any atom is 0.309 e. The predicted octanol–water partition coefficient (Wildman–Crippen LogP) is 5.27. The normalized spacial score (nSPS) is 31.9. The molecule has 2 fully saturated rings. The number of thiophene rings is 1. The molecule has 0 spiro atoms. The molecule has 8 nitrogen and oxygen atoms in total. The maximum absolute atomic E-state index is 13.4. The van der Waals surface area contributed by atoms with Gasteiger partial charge in [0, 0.05) is 17.7 Å². The lowest BCUT2D eigenvalue weighted by atomic mass is 9.73. The minimum Gasteiger partial charge on any atom is -0.458 e. The summed E-state index contributed by atoms with van der Waals surface area (Å²) >= 11 is 2.94. The first-order valence-corrected chi connectivity index (χ1v) is 16.1. The van der Waals surface area contributed by atoms with E-state index in [-0.39, 0.29) is 36.1 Å². The lowest BCUT2D eigenvalue weighted by Crippen LogP contribution is -2.45. The molecule has 7 atom stereocenters. The average Bonchev–Trinajstić information content (AvgIpc) is 3.25. The number of esters is 1. The second-order valence-electron chi connectivity index (χ2n) is 12.2. The van der Waals surface area contributed by atoms with E-state index in [9.17, 15) is 24.6 Å². The largest absolute Gasteiger partial charge is 0.458 e. The number of amides is 1. The smallest absolute Gasteiger partial charge is 0.309 e. The summed E-state index contributed by atoms with van der Waals surface area (Å²) < 4.78 is 5.98. The van der Waals surface area contributed by atoms with Crippen molar-refractivity contribution in [2.45, 2.75) is 104 Å². The van der Waals surface area contributed by atoms with Crippen LogP contribution in [0.15, 0.2) is 28.5 Å². The molecule has 0 radical (unpaired) electrons. The topological polar surface area (TPSA) is 117 Å². The Morgan fingerprint density at radius 2 is 1.90 bits per heavy atom. The Kier molecular flexibility index (Phi) is 9.89. The predicted molar refractivity (Wildman–Crippen MR) is 161 cm³/mol. The molecule has 41 heavy (non-hydrogen) atoms. The van der Waals surface area contributed by atoms with E-state index in [1.165, 1.54) is 22.7 Å². The van der Waals surface area contributed by atoms with Gasteiger partial charge in [0.2, 0.25) is 0 Å². The standard InChI is InChI=1S/C31H42N2O6S2/c1-17-9-7-10-22-23(33(22)30(38)25-11-8-12-40-25)14-24(18(2)13-21-16-41-20(4)32-21)39-27(35)15-26(34)31(5,6)29(37)19(3)28(17)36/h8,11-13,16-17,19,22-24,26,28,34,36H,7,9-10,14-15H2,1-6H3/b18-13+/t17-,19+,22+,23-,24-,26-,28?,33?/m0/s1. The van der Waals surface area contributed by atoms with Crippen LogP contribution in [0.25, 0.3) is 6.08 Å². The molecule has 2 aliphatic heterocycles. The zero-order valence-corrected chi connectivity index (χ0v) is 26.3. The Balaban J connectivity index is 1.65. The summed E-state index contributed by atoms with van der Waals surface area (Å²) in [5.74, 6) is -1.78. The Labute approximate surface area is 250 Å². The van der Waals surface area contributed by atoms with Gasteiger partial charge in [-0.05, 0) is 55.7 Å². The Morgan fingerprint density at radius 3 is 2.54 bits per heavy atom. The first kappa shape index (κ1) is 31.5. The molecule has 1 amide bonds. The number of hydrogen-bond acceptors (Lipinski definition) is 9. The van der Waals surface area contributed by atoms with Crippen molar-refractivity contribution in [2.75, 3.05) is 0 Å². The molecule has 0 saturated carbocycles. The van der Waals surface area contributed by atoms with Gasteiger partial charge < -0.3 is 19.8 Å². The van der Waals surface area contributed by atoms with Crippen LogP contribution in [0.5, 0.6) is 0 Å². The molecular formula is C31H42N2O6S2. The van der Waals surface area contributed by atoms with Crippen LogP contribution in [0, 0.1) is 24.2 Å². The van der Waals surface area contributed by atoms with Crippen molar-refractivity contribution in [3.05, 3.63) is 44.0 Å². The number of fused-ring (bicyclic) bond motifs is 1. The molecule has 4 heterocycles. The number of ether oxygens (including phenoxy) is 1. The monoisotopic (exact) mass is 602 g/mol. The van der Waals surface area contributed by atoms with Crippen LogP contribution in [0.3, 0.4) is 0 Å². The third-order valence-electron chi connectivity index (χ3n) is 8.78. The van der Waals surface area contributed by atoms with Crippen molar-refractivity contribution in [1.29, 1.82) is 0 Å². The van der Waals surface area contributed by atoms with Crippen LogP contribution in [-0.4, -0.2) is 68.2 Å². The van der Waals surface area contributed by atoms with Crippen molar-refractivity contribution in [1.82, 2.24) is 9.88 Å². The van der Waals surface area contributed by atoms with Crippen LogP contribution < -0.4 is 0 Å². The van der Waals surface area contributed by atoms with Crippen LogP contribution in [0.2, 0.25) is 0 Å². The second-order valence-corrected chi connectivity index (χ2v) is 14.2. The van der Waals surface area contributed by atoms with Gasteiger partial charge in [-0.3, -0.25) is 14.4 Å². The van der Waals surface area contributed by atoms with Crippen LogP contribution >= 0.6 is 22.7 Å². The van der Waals surface area contributed by atoms with E-state index in [0.717, 1.165) is 29.1 Å². The molecular weight excluding hydrogens is 560 g/mol. The minimum atomic E-state index is -1.28. The Bertz CT molecular complexity index is 1270. The van der Waals surface area contributed by atoms with Gasteiger partial charge in [0.25, 0.3) is 5.91 Å². The number of aryl methyl sites for hydroxylation is 1. The highest BCUT2D eigenvalue weighted by molar-refractivity contribution is 7.12. The number of thiazole rings is 1. The van der Waals surface area contributed by atoms with Crippen molar-refractivity contribution in [3.8, 4) is 0 Å². The summed E-state index contributed by atoms with van der Waals surface area (Å²) in [7, 11) is 0. The Hall–Kier alpha value is -2.40. The van der Waals surface area contributed by atoms with Gasteiger partial charge >= 0.3 is 5.97 Å². The highest BCUT2D eigenvalue weighted by atomic mass is 32.1. The zero-order chi connectivity index (χ0) is 30.1. The van der Waals surface area contributed by atoms with Gasteiger partial charge in [-0.1, -0.05) is 40.2 Å². The number of Topliss-reactive ketones (excluding diaryl/α,β-unsaturated/α-hetero) is 1. The summed E-state index contributed by atoms with van der Waals surface area (Å²) in [5, 5.41) is 26.8. The maximum atomic E-state index is 13.4. The van der Waals surface area contributed by atoms with E-state index in [1.807, 2.05) is 54.6 Å². The molecule has 10 heteroatoms. The molecule has 4 rings (SSSR count). The van der Waals surface area contributed by atoms with Crippen molar-refractivity contribution in [2.24, 2.45) is 17.3 Å². The van der Waals surface area contributed by atoms with Crippen LogP contribution in [-0.2, 0) is 14.3 Å². The van der Waals surface area contributed by atoms with E-state index in [4.69, 9.17) is 4.74 Å². The molecule has 2 aromatic heterocycles. The van der Waals surface area contributed by atoms with E-state index in [1.54, 1.807) is 20.8 Å². The summed E-state index contributed by atoms with van der Waals surface area (Å²) in [6.07, 6.45) is 1.41. The van der Waals surface area contributed by atoms with E-state index < -0.39 is 35.6 Å². The SMILES string of the molecule is C/C(=C\c1csc(C)n1)[C@@H]1C[C@H]2[C@@H](CCC[C@H](C)C(O)[C@@H](C)C(=O)C(C)(C)[C@@H](O)CC(=O)O1)N2C(=O)c1cccs1. The molecule has 0 aromatic carbocycles. The highest BCUT2D eigenvalue weighted by Gasteiger charge is 2.52. The molecule has 224 valence electrons. The third kappa shape index (κ3) is 7.16. The molecule has 2 saturated heterocycles. The van der Waals surface area contributed by atoms with Crippen LogP contribution in [0.1, 0.15) is 87.1 Å². The van der Waals surface area contributed by atoms with Gasteiger partial charge in [-0.25, -0.2) is 4.98 Å². The van der Waals surface area contributed by atoms with E-state index in [2.05, 4.69) is 4.98 Å². The fourth-order valence-corrected chi connectivity index (χ4v) is 7.16. The molecule has 2 N–H and O–H groups in total. The molecule has 0 bridgehead atoms. The lowest BCUT2D eigenvalue weighted by molar-refractivity contribution is -0.154. The van der Waals surface area contributed by atoms with Crippen molar-refractivity contribution >= 4 is 46.4 Å². The average molecular weight is 603 g/mol. The van der Waals surface area contributed by atoms with Gasteiger partial charge in [-0.15, -0.1) is 22.7 Å². The van der Waals surface area contributed by atoms with Gasteiger partial charge in [0.05, 0.1) is 51.7 Å². The molecule has 0 aliphatic carbocycles. The number of ketones is 1. The first-order chi connectivity index (χ1) is 19.3. The zero-order valence-electron chi connectivity index (χ0n) is 24.7. The van der Waals surface area contributed by atoms with E-state index >= 15 is 0 Å². The number of nitrogens with zero attached hydrogens (tertiary/aromatic N) is 2. The number of carbonyl (C=O) groups excluding carboxylic acids is 3. The molecule has 2 aliphatic rings. The fraction of sp³-hybridized carbons (Fsp3) is 0.613. The number of rotatable bonds is 3. The number of cyclic esters (lactones) is 1. The summed E-state index contributed by atoms with van der Waals surface area (Å²) in [4.78, 5) is 47.1. The second kappa shape index (κ2) is 12.9. The molecule has 1 unspecified atom stereocenters. The van der Waals surface area contributed by atoms with Crippen molar-refractivity contribution < 1.29 is 29.3 Å². The van der Waals surface area contributed by atoms with E-state index in [0.29, 0.717) is 17.7 Å². The third-order valence-corrected chi connectivity index (χ3v) is 10.4. The number of hydrogen-bond donors (Lipinski definition) is 2. The summed E-state index contributed by atoms with van der Waals surface area (Å²) in [6, 6.07) is 3.56. The Morgan fingerprint density at radius 1 is 1.17 bits per heavy atom. The molecule has 2 aromatic rings. The van der Waals surface area contributed by atoms with Crippen LogP contribution in [0.4, 0.5) is 0 Å². The van der Waals surface area contributed by atoms with Gasteiger partial charge in [0.1, 0.15) is 11.9 Å². The number of aliphatic hydroxyl groups excluding tert-OH is 2. The quantitative estimate of drug-likeness (QED) is 0.363. The summed E-state index contributed by atoms with van der Waals surface area (Å²) in [6.45, 7) is 10.7. The van der Waals surface area contributed by atoms with Gasteiger partial charge in [0.15, 0.2) is 0 Å². The minimum absolute atomic E-state index is 0.0130. The number of aromatic nitrogens is 1. The lowest BCUT2D eigenvalue weighted by Gasteiger charge is -2.34. The first-order valence-electron chi connectivity index (χ1n) is 14.4. The number of carbonyl (C=O) groups is 3.